The van der Waals surface area contributed by atoms with Crippen LogP contribution in [0.5, 0.6) is 0 Å². The third-order valence-corrected chi connectivity index (χ3v) is 7.41. The minimum Gasteiger partial charge on any atom is -0.352 e. The number of aromatic nitrogens is 3. The highest BCUT2D eigenvalue weighted by atomic mass is 32.1. The van der Waals surface area contributed by atoms with E-state index in [0.29, 0.717) is 42.0 Å². The van der Waals surface area contributed by atoms with Crippen molar-refractivity contribution < 1.29 is 18.0 Å². The molecule has 1 aliphatic heterocycles. The van der Waals surface area contributed by atoms with Gasteiger partial charge in [-0.3, -0.25) is 4.79 Å². The van der Waals surface area contributed by atoms with Gasteiger partial charge in [0.25, 0.3) is 5.91 Å². The van der Waals surface area contributed by atoms with Gasteiger partial charge in [-0.2, -0.15) is 13.2 Å². The molecule has 1 amide bonds. The van der Waals surface area contributed by atoms with Gasteiger partial charge in [0, 0.05) is 31.6 Å². The van der Waals surface area contributed by atoms with Crippen molar-refractivity contribution in [2.24, 2.45) is 0 Å². The maximum absolute atomic E-state index is 13.1. The zero-order valence-corrected chi connectivity index (χ0v) is 17.9. The minimum absolute atomic E-state index is 0.169. The zero-order chi connectivity index (χ0) is 21.8. The quantitative estimate of drug-likeness (QED) is 0.435. The van der Waals surface area contributed by atoms with Gasteiger partial charge in [-0.25, -0.2) is 15.0 Å². The molecule has 5 rings (SSSR count). The van der Waals surface area contributed by atoms with Crippen molar-refractivity contribution in [1.29, 1.82) is 0 Å². The molecule has 31 heavy (non-hydrogen) atoms. The van der Waals surface area contributed by atoms with Crippen LogP contribution in [0.25, 0.3) is 20.4 Å². The summed E-state index contributed by atoms with van der Waals surface area (Å²) in [6.45, 7) is 4.00. The van der Waals surface area contributed by atoms with Gasteiger partial charge in [0.1, 0.15) is 27.5 Å². The van der Waals surface area contributed by atoms with Gasteiger partial charge in [0.05, 0.1) is 10.3 Å². The predicted molar refractivity (Wildman–Crippen MR) is 115 cm³/mol. The summed E-state index contributed by atoms with van der Waals surface area (Å²) in [7, 11) is 0. The van der Waals surface area contributed by atoms with Gasteiger partial charge < -0.3 is 9.80 Å². The third kappa shape index (κ3) is 3.51. The van der Waals surface area contributed by atoms with Crippen LogP contribution in [-0.4, -0.2) is 51.9 Å². The topological polar surface area (TPSA) is 62.2 Å². The van der Waals surface area contributed by atoms with E-state index in [1.165, 1.54) is 6.07 Å². The van der Waals surface area contributed by atoms with Gasteiger partial charge >= 0.3 is 6.18 Å². The van der Waals surface area contributed by atoms with Crippen molar-refractivity contribution in [2.45, 2.75) is 13.1 Å². The number of anilines is 1. The van der Waals surface area contributed by atoms with E-state index < -0.39 is 11.9 Å². The molecular formula is C20H16F3N5OS2. The summed E-state index contributed by atoms with van der Waals surface area (Å²) in [5.74, 6) is 0.692. The second kappa shape index (κ2) is 7.41. The summed E-state index contributed by atoms with van der Waals surface area (Å²) in [6, 6.07) is 4.35. The number of fused-ring (bicyclic) bond motifs is 2. The lowest BCUT2D eigenvalue weighted by Crippen LogP contribution is -2.49. The van der Waals surface area contributed by atoms with E-state index in [1.807, 2.05) is 11.4 Å². The number of piperazine rings is 1. The fourth-order valence-corrected chi connectivity index (χ4v) is 5.63. The molecule has 1 fully saturated rings. The van der Waals surface area contributed by atoms with Crippen molar-refractivity contribution in [2.75, 3.05) is 31.1 Å². The number of carbonyl (C=O) groups excluding carboxylic acids is 1. The monoisotopic (exact) mass is 463 g/mol. The number of nitrogens with zero attached hydrogens (tertiary/aromatic N) is 5. The van der Waals surface area contributed by atoms with E-state index in [4.69, 9.17) is 0 Å². The van der Waals surface area contributed by atoms with Crippen LogP contribution < -0.4 is 4.90 Å². The van der Waals surface area contributed by atoms with E-state index in [2.05, 4.69) is 19.9 Å². The Morgan fingerprint density at radius 2 is 1.81 bits per heavy atom. The second-order valence-corrected chi connectivity index (χ2v) is 9.11. The Bertz CT molecular complexity index is 1290. The summed E-state index contributed by atoms with van der Waals surface area (Å²) in [5, 5.41) is 3.56. The largest absolute Gasteiger partial charge is 0.433 e. The Morgan fingerprint density at radius 1 is 1.03 bits per heavy atom. The van der Waals surface area contributed by atoms with Crippen molar-refractivity contribution in [3.63, 3.8) is 0 Å². The van der Waals surface area contributed by atoms with E-state index in [9.17, 15) is 18.0 Å². The van der Waals surface area contributed by atoms with Gasteiger partial charge in [-0.1, -0.05) is 0 Å². The lowest BCUT2D eigenvalue weighted by atomic mass is 10.1. The standard InChI is InChI=1S/C20H16F3N5OS2/c1-11-12-2-3-14(20(21,22)23)26-18(12)31-15(11)19(29)28-7-5-27(6-8-28)16-13-4-9-30-17(13)25-10-24-16/h2-4,9-10H,5-8H2,1H3. The lowest BCUT2D eigenvalue weighted by Gasteiger charge is -2.35. The van der Waals surface area contributed by atoms with Crippen molar-refractivity contribution >= 4 is 54.8 Å². The Balaban J connectivity index is 1.36. The summed E-state index contributed by atoms with van der Waals surface area (Å²) in [5.41, 5.74) is -0.275. The van der Waals surface area contributed by atoms with Crippen molar-refractivity contribution in [1.82, 2.24) is 19.9 Å². The molecule has 4 aromatic heterocycles. The predicted octanol–water partition coefficient (Wildman–Crippen LogP) is 4.59. The number of amides is 1. The SMILES string of the molecule is Cc1c(C(=O)N2CCN(c3ncnc4sccc34)CC2)sc2nc(C(F)(F)F)ccc12. The number of aryl methyl sites for hydroxylation is 1. The Morgan fingerprint density at radius 3 is 2.55 bits per heavy atom. The lowest BCUT2D eigenvalue weighted by molar-refractivity contribution is -0.140. The average Bonchev–Trinajstić information content (AvgIpc) is 3.37. The van der Waals surface area contributed by atoms with E-state index in [1.54, 1.807) is 29.5 Å². The van der Waals surface area contributed by atoms with Gasteiger partial charge in [-0.15, -0.1) is 22.7 Å². The van der Waals surface area contributed by atoms with Crippen LogP contribution >= 0.6 is 22.7 Å². The molecule has 1 saturated heterocycles. The molecule has 0 aliphatic carbocycles. The fourth-order valence-electron chi connectivity index (χ4n) is 3.76. The molecule has 0 atom stereocenters. The van der Waals surface area contributed by atoms with Crippen LogP contribution in [0.1, 0.15) is 20.9 Å². The summed E-state index contributed by atoms with van der Waals surface area (Å²) < 4.78 is 38.9. The van der Waals surface area contributed by atoms with Crippen LogP contribution in [0, 0.1) is 6.92 Å². The molecule has 0 spiro atoms. The van der Waals surface area contributed by atoms with E-state index in [0.717, 1.165) is 33.4 Å². The van der Waals surface area contributed by atoms with Crippen molar-refractivity contribution in [3.05, 3.63) is 46.0 Å². The van der Waals surface area contributed by atoms with Crippen LogP contribution in [0.3, 0.4) is 0 Å². The third-order valence-electron chi connectivity index (χ3n) is 5.40. The second-order valence-electron chi connectivity index (χ2n) is 7.22. The number of thiophene rings is 2. The highest BCUT2D eigenvalue weighted by Crippen LogP contribution is 2.35. The van der Waals surface area contributed by atoms with Gasteiger partial charge in [0.15, 0.2) is 0 Å². The highest BCUT2D eigenvalue weighted by Gasteiger charge is 2.33. The number of rotatable bonds is 2. The Hall–Kier alpha value is -2.79. The normalized spacial score (nSPS) is 15.2. The van der Waals surface area contributed by atoms with Crippen LogP contribution in [0.2, 0.25) is 0 Å². The minimum atomic E-state index is -4.51. The number of pyridine rings is 1. The first-order chi connectivity index (χ1) is 14.8. The average molecular weight is 464 g/mol. The highest BCUT2D eigenvalue weighted by molar-refractivity contribution is 7.20. The van der Waals surface area contributed by atoms with E-state index in [-0.39, 0.29) is 10.7 Å². The molecule has 6 nitrogen and oxygen atoms in total. The number of alkyl halides is 3. The molecular weight excluding hydrogens is 447 g/mol. The molecule has 0 N–H and O–H groups in total. The smallest absolute Gasteiger partial charge is 0.352 e. The van der Waals surface area contributed by atoms with Crippen molar-refractivity contribution in [3.8, 4) is 0 Å². The molecule has 0 bridgehead atoms. The first kappa shape index (κ1) is 20.1. The first-order valence-corrected chi connectivity index (χ1v) is 11.2. The Labute approximate surface area is 183 Å². The number of hydrogen-bond donors (Lipinski definition) is 0. The molecule has 0 radical (unpaired) electrons. The molecule has 0 saturated carbocycles. The molecule has 0 unspecified atom stereocenters. The molecule has 4 aromatic rings. The molecule has 11 heteroatoms. The summed E-state index contributed by atoms with van der Waals surface area (Å²) >= 11 is 2.58. The first-order valence-electron chi connectivity index (χ1n) is 9.52. The van der Waals surface area contributed by atoms with Gasteiger partial charge in [-0.05, 0) is 36.1 Å². The summed E-state index contributed by atoms with van der Waals surface area (Å²) in [6.07, 6.45) is -2.96. The zero-order valence-electron chi connectivity index (χ0n) is 16.3. The summed E-state index contributed by atoms with van der Waals surface area (Å²) in [4.78, 5) is 31.0. The van der Waals surface area contributed by atoms with Crippen LogP contribution in [0.15, 0.2) is 29.9 Å². The van der Waals surface area contributed by atoms with Crippen LogP contribution in [-0.2, 0) is 6.18 Å². The maximum Gasteiger partial charge on any atom is 0.433 e. The van der Waals surface area contributed by atoms with E-state index >= 15 is 0 Å². The molecule has 1 aliphatic rings. The molecule has 0 aromatic carbocycles. The van der Waals surface area contributed by atoms with Crippen LogP contribution in [0.4, 0.5) is 19.0 Å². The Kier molecular flexibility index (Phi) is 4.82. The maximum atomic E-state index is 13.1. The molecule has 160 valence electrons. The fraction of sp³-hybridized carbons (Fsp3) is 0.300. The molecule has 5 heterocycles. The number of carbonyl (C=O) groups is 1. The van der Waals surface area contributed by atoms with Gasteiger partial charge in [0.2, 0.25) is 0 Å². The number of halogens is 3. The number of hydrogen-bond acceptors (Lipinski definition) is 7.